The molecular formula is C16H21N5O. The van der Waals surface area contributed by atoms with Gasteiger partial charge < -0.3 is 20.6 Å². The predicted octanol–water partition coefficient (Wildman–Crippen LogP) is 1.03. The summed E-state index contributed by atoms with van der Waals surface area (Å²) in [6.45, 7) is 4.26. The van der Waals surface area contributed by atoms with Crippen molar-refractivity contribution in [2.45, 2.75) is 6.10 Å². The lowest BCUT2D eigenvalue weighted by Gasteiger charge is -2.28. The van der Waals surface area contributed by atoms with Gasteiger partial charge in [0, 0.05) is 38.8 Å². The van der Waals surface area contributed by atoms with E-state index in [2.05, 4.69) is 25.5 Å². The Balaban J connectivity index is 1.60. The Hall–Kier alpha value is -2.18. The Morgan fingerprint density at radius 1 is 1.18 bits per heavy atom. The number of benzene rings is 1. The molecule has 3 rings (SSSR count). The molecular weight excluding hydrogens is 278 g/mol. The number of aromatic nitrogens is 2. The number of anilines is 2. The molecule has 116 valence electrons. The lowest BCUT2D eigenvalue weighted by molar-refractivity contribution is 0.191. The largest absolute Gasteiger partial charge is 0.387 e. The molecule has 0 radical (unpaired) electrons. The first-order valence-electron chi connectivity index (χ1n) is 7.57. The van der Waals surface area contributed by atoms with Crippen molar-refractivity contribution in [2.75, 3.05) is 42.9 Å². The minimum atomic E-state index is -0.557. The summed E-state index contributed by atoms with van der Waals surface area (Å²) < 4.78 is 0. The second-order valence-corrected chi connectivity index (χ2v) is 5.31. The van der Waals surface area contributed by atoms with Gasteiger partial charge in [0.15, 0.2) is 0 Å². The van der Waals surface area contributed by atoms with Crippen molar-refractivity contribution < 1.29 is 5.11 Å². The first-order chi connectivity index (χ1) is 10.8. The number of aliphatic hydroxyl groups excluding tert-OH is 1. The van der Waals surface area contributed by atoms with Gasteiger partial charge in [-0.1, -0.05) is 30.3 Å². The van der Waals surface area contributed by atoms with Gasteiger partial charge >= 0.3 is 0 Å². The van der Waals surface area contributed by atoms with Crippen LogP contribution < -0.4 is 15.5 Å². The first-order valence-corrected chi connectivity index (χ1v) is 7.57. The lowest BCUT2D eigenvalue weighted by atomic mass is 10.1. The van der Waals surface area contributed by atoms with E-state index in [1.807, 2.05) is 36.4 Å². The molecule has 22 heavy (non-hydrogen) atoms. The molecule has 0 saturated carbocycles. The molecule has 0 spiro atoms. The van der Waals surface area contributed by atoms with E-state index in [0.29, 0.717) is 6.54 Å². The molecule has 2 heterocycles. The van der Waals surface area contributed by atoms with Crippen LogP contribution in [0.15, 0.2) is 42.7 Å². The fraction of sp³-hybridized carbons (Fsp3) is 0.375. The molecule has 6 heteroatoms. The Bertz CT molecular complexity index is 586. The minimum absolute atomic E-state index is 0.419. The van der Waals surface area contributed by atoms with Gasteiger partial charge in [-0.25, -0.2) is 9.97 Å². The molecule has 0 unspecified atom stereocenters. The number of piperazine rings is 1. The fourth-order valence-electron chi connectivity index (χ4n) is 2.50. The van der Waals surface area contributed by atoms with Crippen LogP contribution >= 0.6 is 0 Å². The molecule has 1 aromatic heterocycles. The summed E-state index contributed by atoms with van der Waals surface area (Å²) in [5.74, 6) is 1.66. The zero-order chi connectivity index (χ0) is 15.2. The number of hydrogen-bond donors (Lipinski definition) is 3. The second kappa shape index (κ2) is 7.20. The highest BCUT2D eigenvalue weighted by molar-refractivity contribution is 5.48. The van der Waals surface area contributed by atoms with Crippen LogP contribution in [0.5, 0.6) is 0 Å². The summed E-state index contributed by atoms with van der Waals surface area (Å²) >= 11 is 0. The molecule has 1 atom stereocenters. The Morgan fingerprint density at radius 2 is 1.95 bits per heavy atom. The summed E-state index contributed by atoms with van der Waals surface area (Å²) in [6, 6.07) is 11.5. The van der Waals surface area contributed by atoms with Crippen LogP contribution in [0.25, 0.3) is 0 Å². The molecule has 1 saturated heterocycles. The monoisotopic (exact) mass is 299 g/mol. The van der Waals surface area contributed by atoms with E-state index in [-0.39, 0.29) is 0 Å². The van der Waals surface area contributed by atoms with Crippen LogP contribution in [0, 0.1) is 0 Å². The standard InChI is InChI=1S/C16H21N5O/c22-14(13-4-2-1-3-5-13)11-18-15-10-16(20-12-19-15)21-8-6-17-7-9-21/h1-5,10,12,14,17,22H,6-9,11H2,(H,18,19,20)/t14-/m0/s1. The van der Waals surface area contributed by atoms with Gasteiger partial charge in [-0.2, -0.15) is 0 Å². The lowest BCUT2D eigenvalue weighted by Crippen LogP contribution is -2.43. The van der Waals surface area contributed by atoms with E-state index >= 15 is 0 Å². The summed E-state index contributed by atoms with van der Waals surface area (Å²) in [4.78, 5) is 10.8. The van der Waals surface area contributed by atoms with Gasteiger partial charge in [0.25, 0.3) is 0 Å². The molecule has 1 aliphatic rings. The third kappa shape index (κ3) is 3.72. The second-order valence-electron chi connectivity index (χ2n) is 5.31. The highest BCUT2D eigenvalue weighted by Gasteiger charge is 2.13. The van der Waals surface area contributed by atoms with Gasteiger partial charge in [-0.15, -0.1) is 0 Å². The zero-order valence-electron chi connectivity index (χ0n) is 12.4. The molecule has 3 N–H and O–H groups in total. The van der Waals surface area contributed by atoms with Crippen molar-refractivity contribution in [3.05, 3.63) is 48.3 Å². The summed E-state index contributed by atoms with van der Waals surface area (Å²) in [7, 11) is 0. The summed E-state index contributed by atoms with van der Waals surface area (Å²) in [6.07, 6.45) is 1.01. The average molecular weight is 299 g/mol. The third-order valence-corrected chi connectivity index (χ3v) is 3.75. The molecule has 1 aromatic carbocycles. The number of nitrogens with one attached hydrogen (secondary N) is 2. The van der Waals surface area contributed by atoms with Crippen LogP contribution in [-0.4, -0.2) is 47.8 Å². The SMILES string of the molecule is O[C@@H](CNc1cc(N2CCNCC2)ncn1)c1ccccc1. The maximum atomic E-state index is 10.2. The van der Waals surface area contributed by atoms with Crippen molar-refractivity contribution in [1.29, 1.82) is 0 Å². The smallest absolute Gasteiger partial charge is 0.134 e. The summed E-state index contributed by atoms with van der Waals surface area (Å²) in [5, 5.41) is 16.7. The Morgan fingerprint density at radius 3 is 2.73 bits per heavy atom. The summed E-state index contributed by atoms with van der Waals surface area (Å²) in [5.41, 5.74) is 0.895. The van der Waals surface area contributed by atoms with Gasteiger partial charge in [0.1, 0.15) is 18.0 Å². The fourth-order valence-corrected chi connectivity index (χ4v) is 2.50. The highest BCUT2D eigenvalue weighted by atomic mass is 16.3. The van der Waals surface area contributed by atoms with Crippen LogP contribution in [0.4, 0.5) is 11.6 Å². The Kier molecular flexibility index (Phi) is 4.82. The van der Waals surface area contributed by atoms with Gasteiger partial charge in [-0.05, 0) is 5.56 Å². The predicted molar refractivity (Wildman–Crippen MR) is 87.0 cm³/mol. The van der Waals surface area contributed by atoms with E-state index in [4.69, 9.17) is 0 Å². The zero-order valence-corrected chi connectivity index (χ0v) is 12.4. The van der Waals surface area contributed by atoms with Crippen molar-refractivity contribution in [3.63, 3.8) is 0 Å². The number of hydrogen-bond acceptors (Lipinski definition) is 6. The molecule has 1 aliphatic heterocycles. The van der Waals surface area contributed by atoms with E-state index in [1.165, 1.54) is 0 Å². The Labute approximate surface area is 130 Å². The minimum Gasteiger partial charge on any atom is -0.387 e. The first kappa shape index (κ1) is 14.7. The van der Waals surface area contributed by atoms with Crippen LogP contribution in [0.1, 0.15) is 11.7 Å². The van der Waals surface area contributed by atoms with Gasteiger partial charge in [0.05, 0.1) is 6.10 Å². The maximum absolute atomic E-state index is 10.2. The van der Waals surface area contributed by atoms with Gasteiger partial charge in [-0.3, -0.25) is 0 Å². The van der Waals surface area contributed by atoms with Crippen LogP contribution in [-0.2, 0) is 0 Å². The van der Waals surface area contributed by atoms with Crippen molar-refractivity contribution in [3.8, 4) is 0 Å². The molecule has 0 aliphatic carbocycles. The number of rotatable bonds is 5. The van der Waals surface area contributed by atoms with Crippen molar-refractivity contribution in [1.82, 2.24) is 15.3 Å². The van der Waals surface area contributed by atoms with Crippen LogP contribution in [0.2, 0.25) is 0 Å². The van der Waals surface area contributed by atoms with Gasteiger partial charge in [0.2, 0.25) is 0 Å². The molecule has 1 fully saturated rings. The quantitative estimate of drug-likeness (QED) is 0.766. The molecule has 2 aromatic rings. The third-order valence-electron chi connectivity index (χ3n) is 3.75. The molecule has 6 nitrogen and oxygen atoms in total. The van der Waals surface area contributed by atoms with E-state index < -0.39 is 6.10 Å². The van der Waals surface area contributed by atoms with E-state index in [9.17, 15) is 5.11 Å². The normalized spacial score (nSPS) is 16.3. The molecule has 0 amide bonds. The maximum Gasteiger partial charge on any atom is 0.134 e. The van der Waals surface area contributed by atoms with Crippen molar-refractivity contribution in [2.24, 2.45) is 0 Å². The molecule has 0 bridgehead atoms. The number of aliphatic hydroxyl groups is 1. The topological polar surface area (TPSA) is 73.3 Å². The van der Waals surface area contributed by atoms with Crippen molar-refractivity contribution >= 4 is 11.6 Å². The van der Waals surface area contributed by atoms with Crippen LogP contribution in [0.3, 0.4) is 0 Å². The average Bonchev–Trinajstić information content (AvgIpc) is 2.61. The number of nitrogens with zero attached hydrogens (tertiary/aromatic N) is 3. The highest BCUT2D eigenvalue weighted by Crippen LogP contribution is 2.16. The van der Waals surface area contributed by atoms with E-state index in [1.54, 1.807) is 6.33 Å². The van der Waals surface area contributed by atoms with E-state index in [0.717, 1.165) is 43.4 Å².